The van der Waals surface area contributed by atoms with E-state index in [1.54, 1.807) is 11.8 Å². The second-order valence-corrected chi connectivity index (χ2v) is 5.42. The van der Waals surface area contributed by atoms with E-state index in [9.17, 15) is 9.59 Å². The second-order valence-electron chi connectivity index (χ2n) is 5.42. The molecule has 1 atom stereocenters. The Morgan fingerprint density at radius 1 is 1.45 bits per heavy atom. The van der Waals surface area contributed by atoms with Gasteiger partial charge in [0.1, 0.15) is 5.56 Å². The molecule has 1 fully saturated rings. The van der Waals surface area contributed by atoms with Crippen LogP contribution in [0, 0.1) is 12.8 Å². The van der Waals surface area contributed by atoms with Crippen LogP contribution in [0.4, 0.5) is 0 Å². The van der Waals surface area contributed by atoms with Crippen LogP contribution in [0.3, 0.4) is 0 Å². The predicted octanol–water partition coefficient (Wildman–Crippen LogP) is 1.74. The van der Waals surface area contributed by atoms with E-state index in [0.717, 1.165) is 0 Å². The van der Waals surface area contributed by atoms with Gasteiger partial charge in [-0.1, -0.05) is 19.0 Å². The standard InChI is InChI=1S/C14H20N2O4/c1-8(2)12-11(9(3)15-20-12)13(17)16-6-5-10(7-16)14(18)19-4/h8,10H,5-7H2,1-4H3. The average Bonchev–Trinajstić information content (AvgIpc) is 3.03. The molecule has 1 unspecified atom stereocenters. The quantitative estimate of drug-likeness (QED) is 0.789. The third kappa shape index (κ3) is 2.55. The van der Waals surface area contributed by atoms with Gasteiger partial charge >= 0.3 is 5.97 Å². The van der Waals surface area contributed by atoms with Crippen molar-refractivity contribution in [3.8, 4) is 0 Å². The van der Waals surface area contributed by atoms with E-state index in [4.69, 9.17) is 9.26 Å². The van der Waals surface area contributed by atoms with Crippen LogP contribution in [-0.2, 0) is 9.53 Å². The number of aromatic nitrogens is 1. The van der Waals surface area contributed by atoms with E-state index < -0.39 is 0 Å². The number of rotatable bonds is 3. The number of hydrogen-bond acceptors (Lipinski definition) is 5. The second kappa shape index (κ2) is 5.64. The van der Waals surface area contributed by atoms with Crippen LogP contribution >= 0.6 is 0 Å². The van der Waals surface area contributed by atoms with Crippen LogP contribution in [-0.4, -0.2) is 42.1 Å². The van der Waals surface area contributed by atoms with Crippen molar-refractivity contribution >= 4 is 11.9 Å². The van der Waals surface area contributed by atoms with Crippen molar-refractivity contribution in [1.82, 2.24) is 10.1 Å². The Kier molecular flexibility index (Phi) is 4.11. The summed E-state index contributed by atoms with van der Waals surface area (Å²) in [7, 11) is 1.37. The summed E-state index contributed by atoms with van der Waals surface area (Å²) in [5.41, 5.74) is 1.13. The molecule has 0 radical (unpaired) electrons. The minimum absolute atomic E-state index is 0.0918. The maximum Gasteiger partial charge on any atom is 0.310 e. The SMILES string of the molecule is COC(=O)C1CCN(C(=O)c2c(C)noc2C(C)C)C1. The Bertz CT molecular complexity index is 521. The maximum absolute atomic E-state index is 12.6. The zero-order chi connectivity index (χ0) is 14.9. The number of nitrogens with zero attached hydrogens (tertiary/aromatic N) is 2. The monoisotopic (exact) mass is 280 g/mol. The first kappa shape index (κ1) is 14.6. The number of hydrogen-bond donors (Lipinski definition) is 0. The molecule has 1 aliphatic rings. The molecule has 0 bridgehead atoms. The Morgan fingerprint density at radius 3 is 2.75 bits per heavy atom. The Labute approximate surface area is 118 Å². The molecule has 1 saturated heterocycles. The Morgan fingerprint density at radius 2 is 2.15 bits per heavy atom. The molecule has 6 heteroatoms. The molecule has 1 aromatic heterocycles. The van der Waals surface area contributed by atoms with E-state index in [1.807, 2.05) is 13.8 Å². The van der Waals surface area contributed by atoms with Crippen LogP contribution in [0.2, 0.25) is 0 Å². The van der Waals surface area contributed by atoms with Crippen LogP contribution in [0.5, 0.6) is 0 Å². The van der Waals surface area contributed by atoms with Crippen molar-refractivity contribution in [3.63, 3.8) is 0 Å². The fourth-order valence-electron chi connectivity index (χ4n) is 2.50. The predicted molar refractivity (Wildman–Crippen MR) is 71.4 cm³/mol. The van der Waals surface area contributed by atoms with Crippen molar-refractivity contribution < 1.29 is 18.8 Å². The first-order valence-corrected chi connectivity index (χ1v) is 6.79. The highest BCUT2D eigenvalue weighted by molar-refractivity contribution is 5.96. The lowest BCUT2D eigenvalue weighted by Crippen LogP contribution is -2.31. The molecule has 1 aromatic rings. The molecule has 1 amide bonds. The van der Waals surface area contributed by atoms with Gasteiger partial charge in [0.2, 0.25) is 0 Å². The number of likely N-dealkylation sites (tertiary alicyclic amines) is 1. The van der Waals surface area contributed by atoms with Crippen molar-refractivity contribution in [2.24, 2.45) is 5.92 Å². The molecule has 110 valence electrons. The summed E-state index contributed by atoms with van der Waals surface area (Å²) in [6, 6.07) is 0. The molecule has 0 N–H and O–H groups in total. The highest BCUT2D eigenvalue weighted by atomic mass is 16.5. The van der Waals surface area contributed by atoms with Gasteiger partial charge in [-0.15, -0.1) is 0 Å². The molecule has 6 nitrogen and oxygen atoms in total. The van der Waals surface area contributed by atoms with Gasteiger partial charge < -0.3 is 14.2 Å². The topological polar surface area (TPSA) is 72.6 Å². The molecule has 2 heterocycles. The fourth-order valence-corrected chi connectivity index (χ4v) is 2.50. The smallest absolute Gasteiger partial charge is 0.310 e. The zero-order valence-corrected chi connectivity index (χ0v) is 12.3. The molecule has 0 aromatic carbocycles. The lowest BCUT2D eigenvalue weighted by molar-refractivity contribution is -0.144. The Hall–Kier alpha value is -1.85. The minimum atomic E-state index is -0.258. The van der Waals surface area contributed by atoms with Crippen molar-refractivity contribution in [3.05, 3.63) is 17.0 Å². The van der Waals surface area contributed by atoms with Gasteiger partial charge in [0, 0.05) is 19.0 Å². The minimum Gasteiger partial charge on any atom is -0.469 e. The van der Waals surface area contributed by atoms with Gasteiger partial charge in [-0.05, 0) is 13.3 Å². The summed E-state index contributed by atoms with van der Waals surface area (Å²) in [5.74, 6) is 0.0973. The number of aryl methyl sites for hydroxylation is 1. The van der Waals surface area contributed by atoms with Crippen molar-refractivity contribution in [2.45, 2.75) is 33.1 Å². The molecule has 2 rings (SSSR count). The highest BCUT2D eigenvalue weighted by Crippen LogP contribution is 2.26. The largest absolute Gasteiger partial charge is 0.469 e. The van der Waals surface area contributed by atoms with Gasteiger partial charge in [-0.25, -0.2) is 0 Å². The summed E-state index contributed by atoms with van der Waals surface area (Å²) in [4.78, 5) is 25.8. The summed E-state index contributed by atoms with van der Waals surface area (Å²) >= 11 is 0. The number of carbonyl (C=O) groups is 2. The number of carbonyl (C=O) groups excluding carboxylic acids is 2. The highest BCUT2D eigenvalue weighted by Gasteiger charge is 2.35. The third-order valence-corrected chi connectivity index (χ3v) is 3.64. The maximum atomic E-state index is 12.6. The summed E-state index contributed by atoms with van der Waals surface area (Å²) in [6.45, 7) is 6.63. The molecule has 20 heavy (non-hydrogen) atoms. The number of methoxy groups -OCH3 is 1. The van der Waals surface area contributed by atoms with Crippen LogP contribution in [0.25, 0.3) is 0 Å². The lowest BCUT2D eigenvalue weighted by Gasteiger charge is -2.16. The van der Waals surface area contributed by atoms with Gasteiger partial charge in [-0.3, -0.25) is 9.59 Å². The summed E-state index contributed by atoms with van der Waals surface area (Å²) in [6.07, 6.45) is 0.639. The first-order chi connectivity index (χ1) is 9.45. The number of amides is 1. The van der Waals surface area contributed by atoms with Gasteiger partial charge in [0.15, 0.2) is 5.76 Å². The van der Waals surface area contributed by atoms with Gasteiger partial charge in [-0.2, -0.15) is 0 Å². The van der Waals surface area contributed by atoms with E-state index in [-0.39, 0.29) is 23.7 Å². The van der Waals surface area contributed by atoms with E-state index in [1.165, 1.54) is 7.11 Å². The van der Waals surface area contributed by atoms with Gasteiger partial charge in [0.05, 0.1) is 18.7 Å². The third-order valence-electron chi connectivity index (χ3n) is 3.64. The normalized spacial score (nSPS) is 18.6. The van der Waals surface area contributed by atoms with Crippen LogP contribution in [0.1, 0.15) is 48.0 Å². The summed E-state index contributed by atoms with van der Waals surface area (Å²) < 4.78 is 9.97. The molecular formula is C14H20N2O4. The Balaban J connectivity index is 2.17. The van der Waals surface area contributed by atoms with E-state index in [0.29, 0.717) is 36.5 Å². The molecule has 0 saturated carbocycles. The van der Waals surface area contributed by atoms with Crippen LogP contribution in [0.15, 0.2) is 4.52 Å². The number of ether oxygens (including phenoxy) is 1. The summed E-state index contributed by atoms with van der Waals surface area (Å²) in [5, 5.41) is 3.89. The molecular weight excluding hydrogens is 260 g/mol. The average molecular weight is 280 g/mol. The van der Waals surface area contributed by atoms with E-state index >= 15 is 0 Å². The zero-order valence-electron chi connectivity index (χ0n) is 12.3. The molecule has 0 aliphatic carbocycles. The van der Waals surface area contributed by atoms with Crippen LogP contribution < -0.4 is 0 Å². The van der Waals surface area contributed by atoms with Crippen molar-refractivity contribution in [2.75, 3.05) is 20.2 Å². The number of esters is 1. The van der Waals surface area contributed by atoms with E-state index in [2.05, 4.69) is 5.16 Å². The van der Waals surface area contributed by atoms with Gasteiger partial charge in [0.25, 0.3) is 5.91 Å². The molecule has 0 spiro atoms. The lowest BCUT2D eigenvalue weighted by atomic mass is 10.0. The molecule has 1 aliphatic heterocycles. The van der Waals surface area contributed by atoms with Crippen molar-refractivity contribution in [1.29, 1.82) is 0 Å². The fraction of sp³-hybridized carbons (Fsp3) is 0.643. The first-order valence-electron chi connectivity index (χ1n) is 6.79.